The van der Waals surface area contributed by atoms with Crippen molar-refractivity contribution in [3.05, 3.63) is 52.5 Å². The molecule has 29 heavy (non-hydrogen) atoms. The molecule has 7 nitrogen and oxygen atoms in total. The van der Waals surface area contributed by atoms with Crippen molar-refractivity contribution in [3.63, 3.8) is 0 Å². The first-order valence-electron chi connectivity index (χ1n) is 8.74. The summed E-state index contributed by atoms with van der Waals surface area (Å²) in [6.45, 7) is -0.353. The molecular formula is C20H18Cl2N2O5. The number of methoxy groups -OCH3 is 1. The second-order valence-electron chi connectivity index (χ2n) is 6.37. The van der Waals surface area contributed by atoms with Crippen LogP contribution in [0.3, 0.4) is 0 Å². The van der Waals surface area contributed by atoms with Gasteiger partial charge in [0.1, 0.15) is 5.75 Å². The van der Waals surface area contributed by atoms with Crippen LogP contribution in [0, 0.1) is 5.92 Å². The summed E-state index contributed by atoms with van der Waals surface area (Å²) in [4.78, 5) is 38.1. The summed E-state index contributed by atoms with van der Waals surface area (Å²) in [5.74, 6) is -1.49. The molecule has 0 radical (unpaired) electrons. The fourth-order valence-corrected chi connectivity index (χ4v) is 3.35. The van der Waals surface area contributed by atoms with Crippen LogP contribution >= 0.6 is 23.2 Å². The van der Waals surface area contributed by atoms with Crippen molar-refractivity contribution in [2.75, 3.05) is 30.5 Å². The number of hydrogen-bond acceptors (Lipinski definition) is 5. The maximum Gasteiger partial charge on any atom is 0.311 e. The summed E-state index contributed by atoms with van der Waals surface area (Å²) in [6.07, 6.45) is -0.0286. The first kappa shape index (κ1) is 21.0. The molecule has 0 aromatic heterocycles. The average molecular weight is 437 g/mol. The Bertz CT molecular complexity index is 950. The second kappa shape index (κ2) is 9.15. The smallest absolute Gasteiger partial charge is 0.311 e. The van der Waals surface area contributed by atoms with Gasteiger partial charge in [0.2, 0.25) is 5.91 Å². The Morgan fingerprint density at radius 1 is 1.21 bits per heavy atom. The zero-order valence-electron chi connectivity index (χ0n) is 15.5. The molecular weight excluding hydrogens is 419 g/mol. The minimum absolute atomic E-state index is 0.0286. The topological polar surface area (TPSA) is 84.9 Å². The third-order valence-corrected chi connectivity index (χ3v) is 5.19. The number of hydrogen-bond donors (Lipinski definition) is 1. The molecule has 1 aliphatic heterocycles. The van der Waals surface area contributed by atoms with Crippen LogP contribution < -0.4 is 15.0 Å². The van der Waals surface area contributed by atoms with Crippen LogP contribution in [-0.2, 0) is 19.1 Å². The Morgan fingerprint density at radius 2 is 1.97 bits per heavy atom. The van der Waals surface area contributed by atoms with Gasteiger partial charge in [-0.15, -0.1) is 0 Å². The number of amides is 2. The Kier molecular flexibility index (Phi) is 6.61. The summed E-state index contributed by atoms with van der Waals surface area (Å²) >= 11 is 12.2. The first-order chi connectivity index (χ1) is 13.9. The summed E-state index contributed by atoms with van der Waals surface area (Å²) in [5.41, 5.74) is 0.957. The van der Waals surface area contributed by atoms with Crippen molar-refractivity contribution in [1.29, 1.82) is 0 Å². The molecule has 3 rings (SSSR count). The van der Waals surface area contributed by atoms with E-state index >= 15 is 0 Å². The minimum atomic E-state index is -0.692. The van der Waals surface area contributed by atoms with E-state index in [4.69, 9.17) is 32.7 Å². The van der Waals surface area contributed by atoms with Crippen molar-refractivity contribution in [3.8, 4) is 5.75 Å². The number of ether oxygens (including phenoxy) is 2. The monoisotopic (exact) mass is 436 g/mol. The van der Waals surface area contributed by atoms with Crippen LogP contribution in [0.15, 0.2) is 42.5 Å². The van der Waals surface area contributed by atoms with E-state index in [0.29, 0.717) is 22.1 Å². The highest BCUT2D eigenvalue weighted by atomic mass is 35.5. The highest BCUT2D eigenvalue weighted by Crippen LogP contribution is 2.35. The molecule has 1 heterocycles. The summed E-state index contributed by atoms with van der Waals surface area (Å²) in [7, 11) is 1.52. The van der Waals surface area contributed by atoms with E-state index in [-0.39, 0.29) is 23.9 Å². The van der Waals surface area contributed by atoms with Gasteiger partial charge in [-0.1, -0.05) is 35.3 Å². The lowest BCUT2D eigenvalue weighted by Crippen LogP contribution is -2.28. The molecule has 1 saturated heterocycles. The summed E-state index contributed by atoms with van der Waals surface area (Å²) in [5, 5.41) is 3.18. The van der Waals surface area contributed by atoms with Crippen LogP contribution in [-0.4, -0.2) is 38.0 Å². The lowest BCUT2D eigenvalue weighted by Gasteiger charge is -2.18. The van der Waals surface area contributed by atoms with E-state index in [1.54, 1.807) is 42.5 Å². The second-order valence-corrected chi connectivity index (χ2v) is 7.15. The number of halogens is 2. The third kappa shape index (κ3) is 4.99. The molecule has 0 aliphatic carbocycles. The van der Waals surface area contributed by atoms with Gasteiger partial charge in [-0.05, 0) is 24.3 Å². The van der Waals surface area contributed by atoms with E-state index in [0.717, 1.165) is 0 Å². The van der Waals surface area contributed by atoms with E-state index in [1.165, 1.54) is 12.0 Å². The van der Waals surface area contributed by atoms with Gasteiger partial charge in [0.25, 0.3) is 5.91 Å². The van der Waals surface area contributed by atoms with Crippen molar-refractivity contribution in [2.24, 2.45) is 5.92 Å². The molecule has 152 valence electrons. The highest BCUT2D eigenvalue weighted by molar-refractivity contribution is 6.44. The van der Waals surface area contributed by atoms with Gasteiger partial charge in [-0.3, -0.25) is 14.4 Å². The zero-order chi connectivity index (χ0) is 21.0. The molecule has 0 spiro atoms. The quantitative estimate of drug-likeness (QED) is 0.699. The molecule has 1 fully saturated rings. The van der Waals surface area contributed by atoms with Crippen molar-refractivity contribution in [1.82, 2.24) is 0 Å². The molecule has 1 aliphatic rings. The first-order valence-corrected chi connectivity index (χ1v) is 9.49. The van der Waals surface area contributed by atoms with Crippen LogP contribution in [0.4, 0.5) is 11.4 Å². The lowest BCUT2D eigenvalue weighted by atomic mass is 10.1. The van der Waals surface area contributed by atoms with Crippen LogP contribution in [0.25, 0.3) is 0 Å². The van der Waals surface area contributed by atoms with Gasteiger partial charge in [0.05, 0.1) is 28.8 Å². The average Bonchev–Trinajstić information content (AvgIpc) is 3.10. The predicted octanol–water partition coefficient (Wildman–Crippen LogP) is 3.54. The SMILES string of the molecule is COc1cccc(NC(=O)COC(=O)[C@@H]2CC(=O)N(c3cccc(Cl)c3Cl)C2)c1. The Hall–Kier alpha value is -2.77. The van der Waals surface area contributed by atoms with Gasteiger partial charge in [0, 0.05) is 24.7 Å². The van der Waals surface area contributed by atoms with Gasteiger partial charge in [-0.2, -0.15) is 0 Å². The van der Waals surface area contributed by atoms with Crippen LogP contribution in [0.1, 0.15) is 6.42 Å². The molecule has 1 N–H and O–H groups in total. The van der Waals surface area contributed by atoms with Crippen LogP contribution in [0.5, 0.6) is 5.75 Å². The minimum Gasteiger partial charge on any atom is -0.497 e. The largest absolute Gasteiger partial charge is 0.497 e. The van der Waals surface area contributed by atoms with E-state index in [2.05, 4.69) is 5.32 Å². The van der Waals surface area contributed by atoms with E-state index in [1.807, 2.05) is 0 Å². The number of nitrogens with one attached hydrogen (secondary N) is 1. The van der Waals surface area contributed by atoms with E-state index < -0.39 is 24.4 Å². The van der Waals surface area contributed by atoms with E-state index in [9.17, 15) is 14.4 Å². The van der Waals surface area contributed by atoms with Gasteiger partial charge >= 0.3 is 5.97 Å². The number of benzene rings is 2. The molecule has 0 unspecified atom stereocenters. The van der Waals surface area contributed by atoms with Crippen LogP contribution in [0.2, 0.25) is 10.0 Å². The molecule has 1 atom stereocenters. The number of anilines is 2. The van der Waals surface area contributed by atoms with Crippen molar-refractivity contribution < 1.29 is 23.9 Å². The fourth-order valence-electron chi connectivity index (χ4n) is 2.95. The third-order valence-electron chi connectivity index (χ3n) is 4.38. The molecule has 2 amide bonds. The molecule has 0 saturated carbocycles. The lowest BCUT2D eigenvalue weighted by molar-refractivity contribution is -0.151. The maximum absolute atomic E-state index is 12.3. The number of carbonyl (C=O) groups excluding carboxylic acids is 3. The van der Waals surface area contributed by atoms with Crippen molar-refractivity contribution in [2.45, 2.75) is 6.42 Å². The fraction of sp³-hybridized carbons (Fsp3) is 0.250. The maximum atomic E-state index is 12.3. The molecule has 9 heteroatoms. The zero-order valence-corrected chi connectivity index (χ0v) is 17.0. The Balaban J connectivity index is 1.55. The van der Waals surface area contributed by atoms with Crippen molar-refractivity contribution >= 4 is 52.4 Å². The number of carbonyl (C=O) groups is 3. The number of esters is 1. The molecule has 0 bridgehead atoms. The summed E-state index contributed by atoms with van der Waals surface area (Å²) in [6, 6.07) is 11.7. The molecule has 2 aromatic carbocycles. The summed E-state index contributed by atoms with van der Waals surface area (Å²) < 4.78 is 10.2. The Labute approximate surface area is 177 Å². The number of nitrogens with zero attached hydrogens (tertiary/aromatic N) is 1. The molecule has 2 aromatic rings. The standard InChI is InChI=1S/C20H18Cl2N2O5/c1-28-14-5-2-4-13(9-14)23-17(25)11-29-20(27)12-8-18(26)24(10-12)16-7-3-6-15(21)19(16)22/h2-7,9,12H,8,10-11H2,1H3,(H,23,25)/t12-/m1/s1. The number of rotatable bonds is 6. The Morgan fingerprint density at radius 3 is 2.72 bits per heavy atom. The van der Waals surface area contributed by atoms with Gasteiger partial charge in [-0.25, -0.2) is 0 Å². The highest BCUT2D eigenvalue weighted by Gasteiger charge is 2.37. The predicted molar refractivity (Wildman–Crippen MR) is 110 cm³/mol. The normalized spacial score (nSPS) is 15.9. The van der Waals surface area contributed by atoms with Gasteiger partial charge < -0.3 is 19.7 Å². The van der Waals surface area contributed by atoms with Gasteiger partial charge in [0.15, 0.2) is 6.61 Å².